The number of benzene rings is 1. The van der Waals surface area contributed by atoms with Crippen LogP contribution in [0.1, 0.15) is 43.7 Å². The first kappa shape index (κ1) is 11.6. The summed E-state index contributed by atoms with van der Waals surface area (Å²) in [6, 6.07) is 8.87. The van der Waals surface area contributed by atoms with Gasteiger partial charge < -0.3 is 11.1 Å². The lowest BCUT2D eigenvalue weighted by Gasteiger charge is -2.26. The largest absolute Gasteiger partial charge is 0.324 e. The maximum Gasteiger partial charge on any atom is 0.0333 e. The number of nitrogens with one attached hydrogen (secondary N) is 1. The summed E-state index contributed by atoms with van der Waals surface area (Å²) in [6.07, 6.45) is 0. The van der Waals surface area contributed by atoms with Crippen molar-refractivity contribution < 1.29 is 0 Å². The number of nitrogens with two attached hydrogens (primary N) is 1. The SMILES string of the molecule is CC(C)c1cccc([C@@H]2CNC[C@@]2(C)N)c1. The van der Waals surface area contributed by atoms with Gasteiger partial charge in [0.1, 0.15) is 0 Å². The second-order valence-electron chi connectivity index (χ2n) is 5.51. The molecule has 1 aromatic rings. The standard InChI is InChI=1S/C14H22N2/c1-10(2)11-5-4-6-12(7-11)13-8-16-9-14(13,3)15/h4-7,10,13,16H,8-9,15H2,1-3H3/t13-,14+/m0/s1. The summed E-state index contributed by atoms with van der Waals surface area (Å²) in [6.45, 7) is 8.50. The average molecular weight is 218 g/mol. The van der Waals surface area contributed by atoms with Crippen LogP contribution in [0.4, 0.5) is 0 Å². The van der Waals surface area contributed by atoms with Gasteiger partial charge >= 0.3 is 0 Å². The molecule has 16 heavy (non-hydrogen) atoms. The van der Waals surface area contributed by atoms with Crippen molar-refractivity contribution in [3.63, 3.8) is 0 Å². The Morgan fingerprint density at radius 2 is 2.19 bits per heavy atom. The van der Waals surface area contributed by atoms with E-state index in [-0.39, 0.29) is 5.54 Å². The van der Waals surface area contributed by atoms with Crippen molar-refractivity contribution in [1.82, 2.24) is 5.32 Å². The topological polar surface area (TPSA) is 38.0 Å². The summed E-state index contributed by atoms with van der Waals surface area (Å²) in [5.74, 6) is 1.02. The fourth-order valence-electron chi connectivity index (χ4n) is 2.48. The molecule has 0 aromatic heterocycles. The predicted octanol–water partition coefficient (Wildman–Crippen LogP) is 2.21. The van der Waals surface area contributed by atoms with Gasteiger partial charge in [0, 0.05) is 24.5 Å². The van der Waals surface area contributed by atoms with Crippen LogP contribution in [-0.4, -0.2) is 18.6 Å². The fourth-order valence-corrected chi connectivity index (χ4v) is 2.48. The van der Waals surface area contributed by atoms with E-state index in [1.165, 1.54) is 11.1 Å². The first-order valence-corrected chi connectivity index (χ1v) is 6.10. The lowest BCUT2D eigenvalue weighted by Crippen LogP contribution is -2.42. The first-order valence-electron chi connectivity index (χ1n) is 6.10. The highest BCUT2D eigenvalue weighted by Gasteiger charge is 2.36. The molecule has 0 saturated carbocycles. The quantitative estimate of drug-likeness (QED) is 0.798. The zero-order chi connectivity index (χ0) is 11.8. The summed E-state index contributed by atoms with van der Waals surface area (Å²) < 4.78 is 0. The smallest absolute Gasteiger partial charge is 0.0333 e. The van der Waals surface area contributed by atoms with Gasteiger partial charge in [-0.2, -0.15) is 0 Å². The van der Waals surface area contributed by atoms with Gasteiger partial charge in [0.2, 0.25) is 0 Å². The van der Waals surface area contributed by atoms with Crippen molar-refractivity contribution in [1.29, 1.82) is 0 Å². The molecule has 1 heterocycles. The molecule has 88 valence electrons. The van der Waals surface area contributed by atoms with Gasteiger partial charge in [-0.05, 0) is 24.0 Å². The maximum absolute atomic E-state index is 6.32. The number of hydrogen-bond donors (Lipinski definition) is 2. The molecule has 0 aliphatic carbocycles. The predicted molar refractivity (Wildman–Crippen MR) is 68.7 cm³/mol. The van der Waals surface area contributed by atoms with Crippen LogP contribution in [0.15, 0.2) is 24.3 Å². The summed E-state index contributed by atoms with van der Waals surface area (Å²) in [7, 11) is 0. The van der Waals surface area contributed by atoms with E-state index in [1.54, 1.807) is 0 Å². The molecule has 2 nitrogen and oxygen atoms in total. The molecule has 2 atom stereocenters. The zero-order valence-electron chi connectivity index (χ0n) is 10.5. The Labute approximate surface area is 98.2 Å². The molecule has 2 heteroatoms. The normalized spacial score (nSPS) is 29.9. The van der Waals surface area contributed by atoms with E-state index < -0.39 is 0 Å². The van der Waals surface area contributed by atoms with E-state index in [4.69, 9.17) is 5.73 Å². The Balaban J connectivity index is 2.30. The molecule has 0 unspecified atom stereocenters. The third kappa shape index (κ3) is 2.13. The van der Waals surface area contributed by atoms with Crippen LogP contribution in [0.3, 0.4) is 0 Å². The van der Waals surface area contributed by atoms with Crippen molar-refractivity contribution in [2.75, 3.05) is 13.1 Å². The van der Waals surface area contributed by atoms with Crippen molar-refractivity contribution in [3.8, 4) is 0 Å². The van der Waals surface area contributed by atoms with Gasteiger partial charge in [-0.3, -0.25) is 0 Å². The molecule has 1 aliphatic heterocycles. The van der Waals surface area contributed by atoms with Crippen LogP contribution in [0, 0.1) is 0 Å². The molecular weight excluding hydrogens is 196 g/mol. The Morgan fingerprint density at radius 1 is 1.44 bits per heavy atom. The van der Waals surface area contributed by atoms with Crippen molar-refractivity contribution >= 4 is 0 Å². The van der Waals surface area contributed by atoms with Crippen molar-refractivity contribution in [3.05, 3.63) is 35.4 Å². The van der Waals surface area contributed by atoms with E-state index in [0.717, 1.165) is 13.1 Å². The van der Waals surface area contributed by atoms with E-state index in [2.05, 4.69) is 50.4 Å². The minimum Gasteiger partial charge on any atom is -0.324 e. The molecule has 0 amide bonds. The molecule has 1 fully saturated rings. The third-order valence-electron chi connectivity index (χ3n) is 3.63. The van der Waals surface area contributed by atoms with Crippen LogP contribution >= 0.6 is 0 Å². The Hall–Kier alpha value is -0.860. The lowest BCUT2D eigenvalue weighted by atomic mass is 9.83. The molecule has 1 saturated heterocycles. The highest BCUT2D eigenvalue weighted by Crippen LogP contribution is 2.31. The number of rotatable bonds is 2. The molecule has 0 bridgehead atoms. The van der Waals surface area contributed by atoms with Gasteiger partial charge in [0.15, 0.2) is 0 Å². The van der Waals surface area contributed by atoms with Gasteiger partial charge in [-0.15, -0.1) is 0 Å². The van der Waals surface area contributed by atoms with Gasteiger partial charge in [-0.1, -0.05) is 38.1 Å². The Morgan fingerprint density at radius 3 is 2.75 bits per heavy atom. The second kappa shape index (κ2) is 4.19. The van der Waals surface area contributed by atoms with E-state index in [0.29, 0.717) is 11.8 Å². The first-order chi connectivity index (χ1) is 7.50. The summed E-state index contributed by atoms with van der Waals surface area (Å²) in [4.78, 5) is 0. The van der Waals surface area contributed by atoms with Gasteiger partial charge in [0.25, 0.3) is 0 Å². The molecule has 0 radical (unpaired) electrons. The van der Waals surface area contributed by atoms with E-state index in [1.807, 2.05) is 0 Å². The van der Waals surface area contributed by atoms with Crippen molar-refractivity contribution in [2.24, 2.45) is 5.73 Å². The Kier molecular flexibility index (Phi) is 3.04. The molecule has 1 aliphatic rings. The monoisotopic (exact) mass is 218 g/mol. The van der Waals surface area contributed by atoms with Crippen molar-refractivity contribution in [2.45, 2.75) is 38.1 Å². The third-order valence-corrected chi connectivity index (χ3v) is 3.63. The van der Waals surface area contributed by atoms with E-state index >= 15 is 0 Å². The maximum atomic E-state index is 6.32. The van der Waals surface area contributed by atoms with Crippen LogP contribution in [0.5, 0.6) is 0 Å². The van der Waals surface area contributed by atoms with Crippen LogP contribution in [0.2, 0.25) is 0 Å². The minimum absolute atomic E-state index is 0.115. The Bertz CT molecular complexity index is 369. The fraction of sp³-hybridized carbons (Fsp3) is 0.571. The molecule has 0 spiro atoms. The van der Waals surface area contributed by atoms with Crippen LogP contribution < -0.4 is 11.1 Å². The van der Waals surface area contributed by atoms with Crippen LogP contribution in [0.25, 0.3) is 0 Å². The minimum atomic E-state index is -0.115. The number of hydrogen-bond acceptors (Lipinski definition) is 2. The lowest BCUT2D eigenvalue weighted by molar-refractivity contribution is 0.462. The van der Waals surface area contributed by atoms with Gasteiger partial charge in [0.05, 0.1) is 0 Å². The zero-order valence-corrected chi connectivity index (χ0v) is 10.5. The summed E-state index contributed by atoms with van der Waals surface area (Å²) in [5, 5.41) is 3.38. The molecule has 3 N–H and O–H groups in total. The molecular formula is C14H22N2. The molecule has 2 rings (SSSR count). The van der Waals surface area contributed by atoms with Gasteiger partial charge in [-0.25, -0.2) is 0 Å². The van der Waals surface area contributed by atoms with E-state index in [9.17, 15) is 0 Å². The molecule has 1 aromatic carbocycles. The highest BCUT2D eigenvalue weighted by atomic mass is 15.0. The second-order valence-corrected chi connectivity index (χ2v) is 5.51. The van der Waals surface area contributed by atoms with Crippen LogP contribution in [-0.2, 0) is 0 Å². The average Bonchev–Trinajstić information content (AvgIpc) is 2.58. The summed E-state index contributed by atoms with van der Waals surface area (Å²) >= 11 is 0. The summed E-state index contributed by atoms with van der Waals surface area (Å²) in [5.41, 5.74) is 8.98. The highest BCUT2D eigenvalue weighted by molar-refractivity contribution is 5.32.